The fourth-order valence-corrected chi connectivity index (χ4v) is 5.30. The highest BCUT2D eigenvalue weighted by atomic mass is 16.2. The highest BCUT2D eigenvalue weighted by Crippen LogP contribution is 2.51. The number of rotatable bonds is 4. The van der Waals surface area contributed by atoms with Gasteiger partial charge in [-0.05, 0) is 44.1 Å². The number of aromatic nitrogens is 2. The molecule has 1 unspecified atom stereocenters. The fraction of sp³-hybridized carbons (Fsp3) is 0.520. The summed E-state index contributed by atoms with van der Waals surface area (Å²) >= 11 is 0. The lowest BCUT2D eigenvalue weighted by molar-refractivity contribution is -0.138. The summed E-state index contributed by atoms with van der Waals surface area (Å²) in [7, 11) is 0. The van der Waals surface area contributed by atoms with Crippen molar-refractivity contribution in [3.05, 3.63) is 63.3 Å². The van der Waals surface area contributed by atoms with E-state index >= 15 is 0 Å². The summed E-state index contributed by atoms with van der Waals surface area (Å²) in [6.45, 7) is 3.45. The molecule has 1 aliphatic carbocycles. The zero-order chi connectivity index (χ0) is 22.3. The molecule has 0 radical (unpaired) electrons. The summed E-state index contributed by atoms with van der Waals surface area (Å²) in [5, 5.41) is 0. The molecule has 32 heavy (non-hydrogen) atoms. The maximum absolute atomic E-state index is 13.8. The molecule has 1 aromatic carbocycles. The van der Waals surface area contributed by atoms with E-state index in [1.807, 2.05) is 42.2 Å². The SMILES string of the molecule is CCC(=O)N1CCc2c(nc(C3CCCCN3C(=O)C3(c4ccccc4)CC3)[nH]c2=O)C1. The molecule has 3 heterocycles. The molecule has 1 saturated heterocycles. The van der Waals surface area contributed by atoms with Gasteiger partial charge in [0.2, 0.25) is 11.8 Å². The Labute approximate surface area is 187 Å². The van der Waals surface area contributed by atoms with Crippen LogP contribution in [0.1, 0.15) is 74.1 Å². The molecular formula is C25H30N4O3. The van der Waals surface area contributed by atoms with Crippen LogP contribution in [0.15, 0.2) is 35.1 Å². The second kappa shape index (κ2) is 8.19. The van der Waals surface area contributed by atoms with Gasteiger partial charge in [0.15, 0.2) is 0 Å². The molecule has 2 amide bonds. The minimum absolute atomic E-state index is 0.0762. The maximum atomic E-state index is 13.8. The molecule has 5 rings (SSSR count). The quantitative estimate of drug-likeness (QED) is 0.802. The normalized spacial score (nSPS) is 21.7. The molecule has 2 aliphatic heterocycles. The van der Waals surface area contributed by atoms with E-state index < -0.39 is 5.41 Å². The van der Waals surface area contributed by atoms with Gasteiger partial charge in [0, 0.05) is 25.1 Å². The summed E-state index contributed by atoms with van der Waals surface area (Å²) in [6, 6.07) is 9.81. The number of benzene rings is 1. The second-order valence-corrected chi connectivity index (χ2v) is 9.25. The third-order valence-corrected chi connectivity index (χ3v) is 7.31. The monoisotopic (exact) mass is 434 g/mol. The molecule has 1 aromatic heterocycles. The molecule has 1 N–H and O–H groups in total. The average Bonchev–Trinajstić information content (AvgIpc) is 3.65. The lowest BCUT2D eigenvalue weighted by Crippen LogP contribution is -2.46. The number of hydrogen-bond acceptors (Lipinski definition) is 4. The summed E-state index contributed by atoms with van der Waals surface area (Å²) < 4.78 is 0. The summed E-state index contributed by atoms with van der Waals surface area (Å²) in [5.41, 5.74) is 1.87. The van der Waals surface area contributed by atoms with Crippen molar-refractivity contribution in [2.24, 2.45) is 0 Å². The van der Waals surface area contributed by atoms with Crippen molar-refractivity contribution in [3.63, 3.8) is 0 Å². The van der Waals surface area contributed by atoms with Crippen molar-refractivity contribution in [3.8, 4) is 0 Å². The molecule has 3 aliphatic rings. The first-order valence-corrected chi connectivity index (χ1v) is 11.8. The van der Waals surface area contributed by atoms with Crippen molar-refractivity contribution in [1.29, 1.82) is 0 Å². The molecular weight excluding hydrogens is 404 g/mol. The average molecular weight is 435 g/mol. The third kappa shape index (κ3) is 3.53. The molecule has 2 aromatic rings. The molecule has 0 spiro atoms. The van der Waals surface area contributed by atoms with E-state index in [2.05, 4.69) is 4.98 Å². The minimum atomic E-state index is -0.435. The maximum Gasteiger partial charge on any atom is 0.254 e. The summed E-state index contributed by atoms with van der Waals surface area (Å²) in [6.07, 6.45) is 5.43. The van der Waals surface area contributed by atoms with E-state index in [4.69, 9.17) is 4.98 Å². The number of likely N-dealkylation sites (tertiary alicyclic amines) is 1. The highest BCUT2D eigenvalue weighted by Gasteiger charge is 2.54. The van der Waals surface area contributed by atoms with Crippen molar-refractivity contribution in [2.45, 2.75) is 69.9 Å². The van der Waals surface area contributed by atoms with Crippen LogP contribution in [0.5, 0.6) is 0 Å². The molecule has 7 heteroatoms. The van der Waals surface area contributed by atoms with Crippen LogP contribution in [0.25, 0.3) is 0 Å². The molecule has 168 valence electrons. The van der Waals surface area contributed by atoms with Crippen molar-refractivity contribution >= 4 is 11.8 Å². The number of carbonyl (C=O) groups is 2. The van der Waals surface area contributed by atoms with E-state index in [1.165, 1.54) is 0 Å². The predicted molar refractivity (Wildman–Crippen MR) is 120 cm³/mol. The van der Waals surface area contributed by atoms with Crippen LogP contribution in [-0.2, 0) is 28.0 Å². The zero-order valence-electron chi connectivity index (χ0n) is 18.6. The van der Waals surface area contributed by atoms with Gasteiger partial charge < -0.3 is 14.8 Å². The van der Waals surface area contributed by atoms with Crippen LogP contribution in [0, 0.1) is 0 Å². The molecule has 1 atom stereocenters. The van der Waals surface area contributed by atoms with Crippen molar-refractivity contribution in [2.75, 3.05) is 13.1 Å². The Morgan fingerprint density at radius 3 is 2.66 bits per heavy atom. The van der Waals surface area contributed by atoms with Gasteiger partial charge in [-0.15, -0.1) is 0 Å². The summed E-state index contributed by atoms with van der Waals surface area (Å²) in [5.74, 6) is 0.792. The topological polar surface area (TPSA) is 86.4 Å². The first-order valence-electron chi connectivity index (χ1n) is 11.8. The Bertz CT molecular complexity index is 1090. The number of aromatic amines is 1. The minimum Gasteiger partial charge on any atom is -0.336 e. The zero-order valence-corrected chi connectivity index (χ0v) is 18.6. The number of nitrogens with one attached hydrogen (secondary N) is 1. The fourth-order valence-electron chi connectivity index (χ4n) is 5.30. The third-order valence-electron chi connectivity index (χ3n) is 7.31. The molecule has 0 bridgehead atoms. The van der Waals surface area contributed by atoms with Crippen LogP contribution in [-0.4, -0.2) is 44.7 Å². The van der Waals surface area contributed by atoms with E-state index in [-0.39, 0.29) is 23.4 Å². The largest absolute Gasteiger partial charge is 0.336 e. The lowest BCUT2D eigenvalue weighted by atomic mass is 9.91. The van der Waals surface area contributed by atoms with E-state index in [0.29, 0.717) is 49.6 Å². The van der Waals surface area contributed by atoms with Gasteiger partial charge in [0.1, 0.15) is 5.82 Å². The van der Waals surface area contributed by atoms with Crippen LogP contribution in [0.3, 0.4) is 0 Å². The standard InChI is InChI=1S/C25H30N4O3/c1-2-21(30)28-15-11-18-19(16-28)26-22(27-23(18)31)20-10-6-7-14-29(20)24(32)25(12-13-25)17-8-4-3-5-9-17/h3-5,8-9,20H,2,6-7,10-16H2,1H3,(H,26,27,31). The molecule has 1 saturated carbocycles. The number of hydrogen-bond donors (Lipinski definition) is 1. The van der Waals surface area contributed by atoms with Gasteiger partial charge in [0.05, 0.1) is 23.7 Å². The van der Waals surface area contributed by atoms with Crippen molar-refractivity contribution < 1.29 is 9.59 Å². The molecule has 7 nitrogen and oxygen atoms in total. The van der Waals surface area contributed by atoms with E-state index in [0.717, 1.165) is 37.7 Å². The van der Waals surface area contributed by atoms with Gasteiger partial charge in [-0.3, -0.25) is 14.4 Å². The van der Waals surface area contributed by atoms with Crippen LogP contribution in [0.4, 0.5) is 0 Å². The Hall–Kier alpha value is -2.96. The van der Waals surface area contributed by atoms with Gasteiger partial charge in [0.25, 0.3) is 5.56 Å². The number of H-pyrrole nitrogens is 1. The van der Waals surface area contributed by atoms with Crippen LogP contribution < -0.4 is 5.56 Å². The van der Waals surface area contributed by atoms with Gasteiger partial charge in [-0.25, -0.2) is 4.98 Å². The molecule has 2 fully saturated rings. The first kappa shape index (κ1) is 20.9. The number of fused-ring (bicyclic) bond motifs is 1. The first-order chi connectivity index (χ1) is 15.5. The van der Waals surface area contributed by atoms with Crippen LogP contribution in [0.2, 0.25) is 0 Å². The number of carbonyl (C=O) groups excluding carboxylic acids is 2. The number of nitrogens with zero attached hydrogens (tertiary/aromatic N) is 3. The summed E-state index contributed by atoms with van der Waals surface area (Å²) in [4.78, 5) is 50.4. The highest BCUT2D eigenvalue weighted by molar-refractivity contribution is 5.91. The van der Waals surface area contributed by atoms with Gasteiger partial charge in [-0.2, -0.15) is 0 Å². The Kier molecular flexibility index (Phi) is 5.35. The Morgan fingerprint density at radius 2 is 1.94 bits per heavy atom. The second-order valence-electron chi connectivity index (χ2n) is 9.25. The van der Waals surface area contributed by atoms with E-state index in [9.17, 15) is 14.4 Å². The van der Waals surface area contributed by atoms with Crippen LogP contribution >= 0.6 is 0 Å². The Balaban J connectivity index is 1.46. The number of amides is 2. The van der Waals surface area contributed by atoms with Gasteiger partial charge >= 0.3 is 0 Å². The Morgan fingerprint density at radius 1 is 1.16 bits per heavy atom. The smallest absolute Gasteiger partial charge is 0.254 e. The van der Waals surface area contributed by atoms with E-state index in [1.54, 1.807) is 4.90 Å². The van der Waals surface area contributed by atoms with Gasteiger partial charge in [-0.1, -0.05) is 37.3 Å². The number of piperidine rings is 1. The predicted octanol–water partition coefficient (Wildman–Crippen LogP) is 2.85. The van der Waals surface area contributed by atoms with Crippen molar-refractivity contribution in [1.82, 2.24) is 19.8 Å². The lowest BCUT2D eigenvalue weighted by Gasteiger charge is -2.38.